The molecule has 1 unspecified atom stereocenters. The number of rotatable bonds is 4. The highest BCUT2D eigenvalue weighted by atomic mass is 14.9. The molecular formula is C11H23N. The van der Waals surface area contributed by atoms with Crippen LogP contribution in [-0.4, -0.2) is 12.6 Å². The van der Waals surface area contributed by atoms with Crippen LogP contribution in [0.3, 0.4) is 0 Å². The van der Waals surface area contributed by atoms with Crippen LogP contribution in [-0.2, 0) is 0 Å². The molecule has 0 amide bonds. The fourth-order valence-electron chi connectivity index (χ4n) is 0.729. The summed E-state index contributed by atoms with van der Waals surface area (Å²) in [5, 5.41) is 3.47. The van der Waals surface area contributed by atoms with Crippen LogP contribution in [0.1, 0.15) is 41.0 Å². The van der Waals surface area contributed by atoms with Crippen LogP contribution in [0.25, 0.3) is 0 Å². The molecule has 0 radical (unpaired) electrons. The Morgan fingerprint density at radius 2 is 1.92 bits per heavy atom. The molecule has 0 aromatic carbocycles. The van der Waals surface area contributed by atoms with Gasteiger partial charge in [0.15, 0.2) is 0 Å². The minimum absolute atomic E-state index is 0.341. The largest absolute Gasteiger partial charge is 0.310 e. The van der Waals surface area contributed by atoms with E-state index in [1.165, 1.54) is 5.57 Å². The van der Waals surface area contributed by atoms with E-state index in [0.717, 1.165) is 13.0 Å². The fraction of sp³-hybridized carbons (Fsp3) is 0.818. The van der Waals surface area contributed by atoms with Crippen LogP contribution in [0.2, 0.25) is 0 Å². The minimum atomic E-state index is 0.341. The predicted molar refractivity (Wildman–Crippen MR) is 56.4 cm³/mol. The highest BCUT2D eigenvalue weighted by Gasteiger charge is 2.18. The first-order valence-electron chi connectivity index (χ1n) is 4.78. The Morgan fingerprint density at radius 1 is 1.42 bits per heavy atom. The third-order valence-corrected chi connectivity index (χ3v) is 2.46. The maximum absolute atomic E-state index is 3.96. The number of hydrogen-bond donors (Lipinski definition) is 1. The molecule has 72 valence electrons. The highest BCUT2D eigenvalue weighted by Crippen LogP contribution is 2.18. The topological polar surface area (TPSA) is 12.0 Å². The molecule has 1 atom stereocenters. The Bertz CT molecular complexity index is 142. The summed E-state index contributed by atoms with van der Waals surface area (Å²) < 4.78 is 0. The van der Waals surface area contributed by atoms with E-state index in [4.69, 9.17) is 0 Å². The van der Waals surface area contributed by atoms with E-state index >= 15 is 0 Å². The van der Waals surface area contributed by atoms with Gasteiger partial charge in [-0.05, 0) is 18.8 Å². The molecule has 1 nitrogen and oxygen atoms in total. The maximum atomic E-state index is 3.96. The van der Waals surface area contributed by atoms with Gasteiger partial charge in [0, 0.05) is 12.6 Å². The lowest BCUT2D eigenvalue weighted by atomic mass is 9.88. The van der Waals surface area contributed by atoms with Crippen molar-refractivity contribution in [3.63, 3.8) is 0 Å². The van der Waals surface area contributed by atoms with Crippen molar-refractivity contribution < 1.29 is 0 Å². The molecule has 0 heterocycles. The van der Waals surface area contributed by atoms with Gasteiger partial charge >= 0.3 is 0 Å². The third kappa shape index (κ3) is 4.55. The summed E-state index contributed by atoms with van der Waals surface area (Å²) in [6.45, 7) is 16.0. The molecule has 0 aliphatic rings. The smallest absolute Gasteiger partial charge is 0.0164 e. The van der Waals surface area contributed by atoms with Gasteiger partial charge in [-0.25, -0.2) is 0 Å². The molecule has 1 N–H and O–H groups in total. The number of nitrogens with one attached hydrogen (secondary N) is 1. The lowest BCUT2D eigenvalue weighted by Crippen LogP contribution is -2.38. The molecule has 0 aliphatic carbocycles. The summed E-state index contributed by atoms with van der Waals surface area (Å²) in [4.78, 5) is 0. The molecule has 0 bridgehead atoms. The molecule has 0 spiro atoms. The SMILES string of the molecule is C=C(CC)CNC(C)C(C)(C)C. The highest BCUT2D eigenvalue weighted by molar-refractivity contribution is 4.96. The lowest BCUT2D eigenvalue weighted by Gasteiger charge is -2.28. The van der Waals surface area contributed by atoms with E-state index in [1.54, 1.807) is 0 Å². The Morgan fingerprint density at radius 3 is 2.25 bits per heavy atom. The summed E-state index contributed by atoms with van der Waals surface area (Å²) in [6, 6.07) is 0.542. The average molecular weight is 169 g/mol. The van der Waals surface area contributed by atoms with Crippen LogP contribution < -0.4 is 5.32 Å². The summed E-state index contributed by atoms with van der Waals surface area (Å²) in [7, 11) is 0. The zero-order chi connectivity index (χ0) is 9.78. The molecule has 0 saturated carbocycles. The molecule has 0 fully saturated rings. The van der Waals surface area contributed by atoms with Crippen molar-refractivity contribution >= 4 is 0 Å². The molecular weight excluding hydrogens is 146 g/mol. The van der Waals surface area contributed by atoms with Gasteiger partial charge < -0.3 is 5.32 Å². The van der Waals surface area contributed by atoms with E-state index in [1.807, 2.05) is 0 Å². The van der Waals surface area contributed by atoms with Crippen molar-refractivity contribution in [2.24, 2.45) is 5.41 Å². The Balaban J connectivity index is 3.72. The fourth-order valence-corrected chi connectivity index (χ4v) is 0.729. The molecule has 0 rings (SSSR count). The second kappa shape index (κ2) is 4.66. The van der Waals surface area contributed by atoms with Crippen LogP contribution in [0.5, 0.6) is 0 Å². The van der Waals surface area contributed by atoms with Crippen molar-refractivity contribution in [1.29, 1.82) is 0 Å². The minimum Gasteiger partial charge on any atom is -0.310 e. The zero-order valence-electron chi connectivity index (χ0n) is 9.20. The van der Waals surface area contributed by atoms with Crippen LogP contribution >= 0.6 is 0 Å². The van der Waals surface area contributed by atoms with E-state index in [2.05, 4.69) is 46.5 Å². The molecule has 0 aliphatic heterocycles. The second-order valence-corrected chi connectivity index (χ2v) is 4.57. The van der Waals surface area contributed by atoms with Crippen LogP contribution in [0.15, 0.2) is 12.2 Å². The Labute approximate surface area is 77.2 Å². The Kier molecular flexibility index (Phi) is 4.54. The Hall–Kier alpha value is -0.300. The van der Waals surface area contributed by atoms with Crippen molar-refractivity contribution in [2.75, 3.05) is 6.54 Å². The van der Waals surface area contributed by atoms with Crippen molar-refractivity contribution in [1.82, 2.24) is 5.32 Å². The normalized spacial score (nSPS) is 14.4. The van der Waals surface area contributed by atoms with Crippen molar-refractivity contribution in [3.8, 4) is 0 Å². The van der Waals surface area contributed by atoms with Gasteiger partial charge in [-0.15, -0.1) is 0 Å². The predicted octanol–water partition coefficient (Wildman–Crippen LogP) is 2.98. The molecule has 12 heavy (non-hydrogen) atoms. The van der Waals surface area contributed by atoms with E-state index in [9.17, 15) is 0 Å². The van der Waals surface area contributed by atoms with Crippen LogP contribution in [0, 0.1) is 5.41 Å². The lowest BCUT2D eigenvalue weighted by molar-refractivity contribution is 0.292. The van der Waals surface area contributed by atoms with Gasteiger partial charge in [0.1, 0.15) is 0 Å². The average Bonchev–Trinajstić information content (AvgIpc) is 1.97. The van der Waals surface area contributed by atoms with Gasteiger partial charge in [-0.2, -0.15) is 0 Å². The van der Waals surface area contributed by atoms with Gasteiger partial charge in [-0.3, -0.25) is 0 Å². The summed E-state index contributed by atoms with van der Waals surface area (Å²) in [6.07, 6.45) is 1.07. The van der Waals surface area contributed by atoms with Gasteiger partial charge in [0.05, 0.1) is 0 Å². The first-order valence-corrected chi connectivity index (χ1v) is 4.78. The van der Waals surface area contributed by atoms with Crippen LogP contribution in [0.4, 0.5) is 0 Å². The van der Waals surface area contributed by atoms with Gasteiger partial charge in [0.25, 0.3) is 0 Å². The first kappa shape index (κ1) is 11.7. The maximum Gasteiger partial charge on any atom is 0.0164 e. The van der Waals surface area contributed by atoms with Gasteiger partial charge in [0.2, 0.25) is 0 Å². The van der Waals surface area contributed by atoms with Crippen molar-refractivity contribution in [2.45, 2.75) is 47.1 Å². The van der Waals surface area contributed by atoms with E-state index in [0.29, 0.717) is 11.5 Å². The third-order valence-electron chi connectivity index (χ3n) is 2.46. The molecule has 0 aromatic heterocycles. The van der Waals surface area contributed by atoms with E-state index in [-0.39, 0.29) is 0 Å². The van der Waals surface area contributed by atoms with E-state index < -0.39 is 0 Å². The summed E-state index contributed by atoms with van der Waals surface area (Å²) in [5.41, 5.74) is 1.62. The summed E-state index contributed by atoms with van der Waals surface area (Å²) >= 11 is 0. The molecule has 0 aromatic rings. The first-order chi connectivity index (χ1) is 5.38. The molecule has 1 heteroatoms. The molecule has 0 saturated heterocycles. The standard InChI is InChI=1S/C11H23N/c1-7-9(2)8-12-10(3)11(4,5)6/h10,12H,2,7-8H2,1,3-6H3. The quantitative estimate of drug-likeness (QED) is 0.638. The van der Waals surface area contributed by atoms with Gasteiger partial charge in [-0.1, -0.05) is 39.8 Å². The monoisotopic (exact) mass is 169 g/mol. The number of hydrogen-bond acceptors (Lipinski definition) is 1. The summed E-state index contributed by atoms with van der Waals surface area (Å²) in [5.74, 6) is 0. The zero-order valence-corrected chi connectivity index (χ0v) is 9.20. The second-order valence-electron chi connectivity index (χ2n) is 4.57. The van der Waals surface area contributed by atoms with Crippen molar-refractivity contribution in [3.05, 3.63) is 12.2 Å².